The summed E-state index contributed by atoms with van der Waals surface area (Å²) in [7, 11) is 0. The van der Waals surface area contributed by atoms with Crippen molar-refractivity contribution in [2.24, 2.45) is 0 Å². The summed E-state index contributed by atoms with van der Waals surface area (Å²) in [5, 5.41) is 2.91. The summed E-state index contributed by atoms with van der Waals surface area (Å²) in [6, 6.07) is 9.44. The Labute approximate surface area is 122 Å². The standard InChI is InChI=1S/C16H17FN2O2/c1-3-21-16(20)11-5-7-13(18)15(9-11)19-14-8-10(2)4-6-12(14)17/h4-9,19H,3,18H2,1-2H3. The molecule has 2 aromatic carbocycles. The van der Waals surface area contributed by atoms with E-state index in [4.69, 9.17) is 10.5 Å². The third kappa shape index (κ3) is 3.51. The lowest BCUT2D eigenvalue weighted by molar-refractivity contribution is 0.0526. The van der Waals surface area contributed by atoms with Crippen molar-refractivity contribution >= 4 is 23.0 Å². The molecule has 21 heavy (non-hydrogen) atoms. The number of nitrogens with two attached hydrogens (primary N) is 1. The van der Waals surface area contributed by atoms with Crippen molar-refractivity contribution in [3.05, 3.63) is 53.3 Å². The largest absolute Gasteiger partial charge is 0.462 e. The van der Waals surface area contributed by atoms with Gasteiger partial charge in [-0.25, -0.2) is 9.18 Å². The van der Waals surface area contributed by atoms with Crippen molar-refractivity contribution in [1.82, 2.24) is 0 Å². The second-order valence-corrected chi connectivity index (χ2v) is 4.63. The zero-order valence-electron chi connectivity index (χ0n) is 11.9. The van der Waals surface area contributed by atoms with Crippen LogP contribution in [0.4, 0.5) is 21.5 Å². The molecule has 0 aliphatic rings. The number of hydrogen-bond donors (Lipinski definition) is 2. The fourth-order valence-corrected chi connectivity index (χ4v) is 1.89. The van der Waals surface area contributed by atoms with Crippen molar-refractivity contribution in [3.8, 4) is 0 Å². The third-order valence-corrected chi connectivity index (χ3v) is 2.96. The van der Waals surface area contributed by atoms with E-state index in [0.29, 0.717) is 29.2 Å². The van der Waals surface area contributed by atoms with Crippen LogP contribution in [0.3, 0.4) is 0 Å². The molecule has 0 spiro atoms. The van der Waals surface area contributed by atoms with Crippen LogP contribution in [0.15, 0.2) is 36.4 Å². The maximum Gasteiger partial charge on any atom is 0.338 e. The molecule has 0 heterocycles. The van der Waals surface area contributed by atoms with E-state index in [1.807, 2.05) is 6.92 Å². The minimum atomic E-state index is -0.440. The first-order valence-electron chi connectivity index (χ1n) is 6.61. The molecule has 0 aliphatic heterocycles. The molecule has 0 radical (unpaired) electrons. The first-order valence-corrected chi connectivity index (χ1v) is 6.61. The molecule has 0 amide bonds. The van der Waals surface area contributed by atoms with Gasteiger partial charge in [0.25, 0.3) is 0 Å². The molecule has 2 aromatic rings. The van der Waals surface area contributed by atoms with Gasteiger partial charge in [-0.1, -0.05) is 6.07 Å². The van der Waals surface area contributed by atoms with Crippen LogP contribution in [0, 0.1) is 12.7 Å². The van der Waals surface area contributed by atoms with Gasteiger partial charge in [0.2, 0.25) is 0 Å². The topological polar surface area (TPSA) is 64.3 Å². The van der Waals surface area contributed by atoms with E-state index >= 15 is 0 Å². The van der Waals surface area contributed by atoms with Crippen LogP contribution in [0.1, 0.15) is 22.8 Å². The lowest BCUT2D eigenvalue weighted by Gasteiger charge is -2.12. The highest BCUT2D eigenvalue weighted by molar-refractivity contribution is 5.92. The van der Waals surface area contributed by atoms with E-state index in [9.17, 15) is 9.18 Å². The first kappa shape index (κ1) is 14.8. The minimum Gasteiger partial charge on any atom is -0.462 e. The summed E-state index contributed by atoms with van der Waals surface area (Å²) in [4.78, 5) is 11.7. The van der Waals surface area contributed by atoms with Crippen LogP contribution in [0.5, 0.6) is 0 Å². The molecular weight excluding hydrogens is 271 g/mol. The van der Waals surface area contributed by atoms with Gasteiger partial charge in [-0.2, -0.15) is 0 Å². The highest BCUT2D eigenvalue weighted by atomic mass is 19.1. The SMILES string of the molecule is CCOC(=O)c1ccc(N)c(Nc2cc(C)ccc2F)c1. The number of carbonyl (C=O) groups is 1. The normalized spacial score (nSPS) is 10.2. The summed E-state index contributed by atoms with van der Waals surface area (Å²) in [5.74, 6) is -0.827. The van der Waals surface area contributed by atoms with E-state index in [2.05, 4.69) is 5.32 Å². The van der Waals surface area contributed by atoms with E-state index < -0.39 is 5.97 Å². The van der Waals surface area contributed by atoms with Crippen molar-refractivity contribution in [2.75, 3.05) is 17.7 Å². The summed E-state index contributed by atoms with van der Waals surface area (Å²) in [6.45, 7) is 3.89. The van der Waals surface area contributed by atoms with Crippen molar-refractivity contribution in [1.29, 1.82) is 0 Å². The fourth-order valence-electron chi connectivity index (χ4n) is 1.89. The third-order valence-electron chi connectivity index (χ3n) is 2.96. The quantitative estimate of drug-likeness (QED) is 0.666. The molecule has 5 heteroatoms. The molecular formula is C16H17FN2O2. The molecule has 0 atom stereocenters. The summed E-state index contributed by atoms with van der Waals surface area (Å²) in [5.41, 5.74) is 8.33. The highest BCUT2D eigenvalue weighted by Crippen LogP contribution is 2.27. The van der Waals surface area contributed by atoms with Crippen LogP contribution < -0.4 is 11.1 Å². The number of hydrogen-bond acceptors (Lipinski definition) is 4. The van der Waals surface area contributed by atoms with E-state index in [-0.39, 0.29) is 5.82 Å². The van der Waals surface area contributed by atoms with Crippen LogP contribution in [0.25, 0.3) is 0 Å². The lowest BCUT2D eigenvalue weighted by atomic mass is 10.1. The van der Waals surface area contributed by atoms with Gasteiger partial charge < -0.3 is 15.8 Å². The van der Waals surface area contributed by atoms with Crippen molar-refractivity contribution in [2.45, 2.75) is 13.8 Å². The van der Waals surface area contributed by atoms with E-state index in [1.165, 1.54) is 6.07 Å². The second kappa shape index (κ2) is 6.26. The lowest BCUT2D eigenvalue weighted by Crippen LogP contribution is -2.06. The Morgan fingerprint density at radius 2 is 2.00 bits per heavy atom. The van der Waals surface area contributed by atoms with Gasteiger partial charge in [-0.15, -0.1) is 0 Å². The van der Waals surface area contributed by atoms with Gasteiger partial charge in [0, 0.05) is 0 Å². The number of carbonyl (C=O) groups excluding carboxylic acids is 1. The predicted octanol–water partition coefficient (Wildman–Crippen LogP) is 3.64. The Morgan fingerprint density at radius 1 is 1.24 bits per heavy atom. The number of rotatable bonds is 4. The molecule has 0 fully saturated rings. The average molecular weight is 288 g/mol. The van der Waals surface area contributed by atoms with Gasteiger partial charge in [-0.3, -0.25) is 0 Å². The first-order chi connectivity index (χ1) is 10.0. The highest BCUT2D eigenvalue weighted by Gasteiger charge is 2.11. The smallest absolute Gasteiger partial charge is 0.338 e. The van der Waals surface area contributed by atoms with Crippen LogP contribution in [0.2, 0.25) is 0 Å². The molecule has 3 N–H and O–H groups in total. The molecule has 0 saturated heterocycles. The number of esters is 1. The maximum absolute atomic E-state index is 13.8. The number of nitrogens with one attached hydrogen (secondary N) is 1. The molecule has 2 rings (SSSR count). The zero-order chi connectivity index (χ0) is 15.4. The number of nitrogen functional groups attached to an aromatic ring is 1. The second-order valence-electron chi connectivity index (χ2n) is 4.63. The minimum absolute atomic E-state index is 0.290. The molecule has 0 saturated carbocycles. The molecule has 0 aliphatic carbocycles. The zero-order valence-corrected chi connectivity index (χ0v) is 11.9. The molecule has 110 valence electrons. The van der Waals surface area contributed by atoms with Crippen molar-refractivity contribution in [3.63, 3.8) is 0 Å². The average Bonchev–Trinajstić information content (AvgIpc) is 2.45. The number of ether oxygens (including phenoxy) is 1. The predicted molar refractivity (Wildman–Crippen MR) is 81.2 cm³/mol. The maximum atomic E-state index is 13.8. The van der Waals surface area contributed by atoms with Gasteiger partial charge in [0.05, 0.1) is 29.2 Å². The van der Waals surface area contributed by atoms with Crippen LogP contribution >= 0.6 is 0 Å². The fraction of sp³-hybridized carbons (Fsp3) is 0.188. The van der Waals surface area contributed by atoms with Gasteiger partial charge in [0.15, 0.2) is 0 Å². The Morgan fingerprint density at radius 3 is 2.71 bits per heavy atom. The summed E-state index contributed by atoms with van der Waals surface area (Å²) < 4.78 is 18.7. The molecule has 0 aromatic heterocycles. The number of benzene rings is 2. The van der Waals surface area contributed by atoms with E-state index in [0.717, 1.165) is 5.56 Å². The van der Waals surface area contributed by atoms with Crippen LogP contribution in [-0.2, 0) is 4.74 Å². The Hall–Kier alpha value is -2.56. The van der Waals surface area contributed by atoms with Crippen molar-refractivity contribution < 1.29 is 13.9 Å². The Bertz CT molecular complexity index is 671. The van der Waals surface area contributed by atoms with Gasteiger partial charge in [-0.05, 0) is 49.7 Å². The van der Waals surface area contributed by atoms with Gasteiger partial charge in [0.1, 0.15) is 5.82 Å². The number of aryl methyl sites for hydroxylation is 1. The summed E-state index contributed by atoms with van der Waals surface area (Å²) >= 11 is 0. The molecule has 4 nitrogen and oxygen atoms in total. The van der Waals surface area contributed by atoms with Crippen LogP contribution in [-0.4, -0.2) is 12.6 Å². The number of anilines is 3. The monoisotopic (exact) mass is 288 g/mol. The summed E-state index contributed by atoms with van der Waals surface area (Å²) in [6.07, 6.45) is 0. The Balaban J connectivity index is 2.33. The molecule has 0 unspecified atom stereocenters. The molecule has 0 bridgehead atoms. The number of halogens is 1. The Kier molecular flexibility index (Phi) is 4.42. The van der Waals surface area contributed by atoms with E-state index in [1.54, 1.807) is 37.3 Å². The van der Waals surface area contributed by atoms with Gasteiger partial charge >= 0.3 is 5.97 Å².